The number of pyridine rings is 1. The van der Waals surface area contributed by atoms with Gasteiger partial charge in [0.1, 0.15) is 23.1 Å². The fourth-order valence-electron chi connectivity index (χ4n) is 3.78. The number of carboxylic acids is 1. The smallest absolute Gasteiger partial charge is 0.324 e. The van der Waals surface area contributed by atoms with Crippen molar-refractivity contribution in [1.82, 2.24) is 14.8 Å². The van der Waals surface area contributed by atoms with Crippen LogP contribution in [0.25, 0.3) is 5.69 Å². The Labute approximate surface area is 219 Å². The van der Waals surface area contributed by atoms with Gasteiger partial charge in [-0.15, -0.1) is 0 Å². The van der Waals surface area contributed by atoms with Crippen LogP contribution in [0.5, 0.6) is 11.5 Å². The predicted octanol–water partition coefficient (Wildman–Crippen LogP) is 6.12. The van der Waals surface area contributed by atoms with Crippen LogP contribution in [-0.4, -0.2) is 31.9 Å². The van der Waals surface area contributed by atoms with Crippen LogP contribution in [-0.2, 0) is 17.6 Å². The van der Waals surface area contributed by atoms with Gasteiger partial charge in [0.2, 0.25) is 0 Å². The third-order valence-corrected chi connectivity index (χ3v) is 5.62. The number of anilines is 2. The van der Waals surface area contributed by atoms with E-state index in [9.17, 15) is 14.0 Å². The quantitative estimate of drug-likeness (QED) is 0.233. The van der Waals surface area contributed by atoms with Crippen LogP contribution in [0.15, 0.2) is 66.9 Å². The molecular weight excluding hydrogens is 489 g/mol. The SMILES string of the molecule is CCCCc1cc(NC(=O)Nc2ccc(Oc3ccnc(C)c3)cc2F)n(-c2ccc(CC(=O)O)cc2)n1. The molecule has 3 N–H and O–H groups in total. The van der Waals surface area contributed by atoms with Gasteiger partial charge in [0.25, 0.3) is 0 Å². The van der Waals surface area contributed by atoms with Crippen LogP contribution < -0.4 is 15.4 Å². The second-order valence-electron chi connectivity index (χ2n) is 8.73. The molecule has 9 nitrogen and oxygen atoms in total. The highest BCUT2D eigenvalue weighted by Crippen LogP contribution is 2.26. The maximum Gasteiger partial charge on any atom is 0.324 e. The highest BCUT2D eigenvalue weighted by atomic mass is 19.1. The third-order valence-electron chi connectivity index (χ3n) is 5.62. The predicted molar refractivity (Wildman–Crippen MR) is 142 cm³/mol. The topological polar surface area (TPSA) is 118 Å². The summed E-state index contributed by atoms with van der Waals surface area (Å²) in [5, 5.41) is 18.9. The molecular formula is C28H28FN5O4. The molecule has 10 heteroatoms. The van der Waals surface area contributed by atoms with Gasteiger partial charge in [-0.05, 0) is 55.7 Å². The Morgan fingerprint density at radius 1 is 1.03 bits per heavy atom. The Hall–Kier alpha value is -4.73. The summed E-state index contributed by atoms with van der Waals surface area (Å²) in [6.07, 6.45) is 4.15. The molecule has 0 fully saturated rings. The van der Waals surface area contributed by atoms with Gasteiger partial charge < -0.3 is 15.2 Å². The van der Waals surface area contributed by atoms with E-state index in [0.29, 0.717) is 22.8 Å². The summed E-state index contributed by atoms with van der Waals surface area (Å²) in [4.78, 5) is 27.9. The van der Waals surface area contributed by atoms with Crippen molar-refractivity contribution in [2.24, 2.45) is 0 Å². The summed E-state index contributed by atoms with van der Waals surface area (Å²) in [6, 6.07) is 15.6. The number of rotatable bonds is 10. The van der Waals surface area contributed by atoms with Crippen LogP contribution in [0.4, 0.5) is 20.7 Å². The number of halogens is 1. The number of carbonyl (C=O) groups is 2. The van der Waals surface area contributed by atoms with E-state index in [4.69, 9.17) is 9.84 Å². The number of nitrogens with zero attached hydrogens (tertiary/aromatic N) is 3. The number of aryl methyl sites for hydroxylation is 2. The molecule has 0 bridgehead atoms. The molecule has 0 aliphatic carbocycles. The monoisotopic (exact) mass is 517 g/mol. The summed E-state index contributed by atoms with van der Waals surface area (Å²) in [6.45, 7) is 3.90. The highest BCUT2D eigenvalue weighted by molar-refractivity contribution is 5.99. The first-order valence-corrected chi connectivity index (χ1v) is 12.2. The van der Waals surface area contributed by atoms with Crippen LogP contribution in [0.3, 0.4) is 0 Å². The number of carbonyl (C=O) groups excluding carboxylic acids is 1. The fourth-order valence-corrected chi connectivity index (χ4v) is 3.78. The van der Waals surface area contributed by atoms with E-state index in [0.717, 1.165) is 30.7 Å². The largest absolute Gasteiger partial charge is 0.481 e. The molecule has 2 heterocycles. The molecule has 4 aromatic rings. The van der Waals surface area contributed by atoms with Gasteiger partial charge in [-0.1, -0.05) is 25.5 Å². The minimum Gasteiger partial charge on any atom is -0.481 e. The van der Waals surface area contributed by atoms with Crippen molar-refractivity contribution in [2.75, 3.05) is 10.6 Å². The lowest BCUT2D eigenvalue weighted by Gasteiger charge is -2.12. The van der Waals surface area contributed by atoms with E-state index >= 15 is 0 Å². The third kappa shape index (κ3) is 6.94. The van der Waals surface area contributed by atoms with Crippen LogP contribution in [0, 0.1) is 12.7 Å². The molecule has 196 valence electrons. The Balaban J connectivity index is 1.49. The van der Waals surface area contributed by atoms with Crippen molar-refractivity contribution in [3.8, 4) is 17.2 Å². The maximum absolute atomic E-state index is 14.8. The average Bonchev–Trinajstić information content (AvgIpc) is 3.27. The number of amides is 2. The molecule has 0 atom stereocenters. The number of urea groups is 1. The Bertz CT molecular complexity index is 1440. The lowest BCUT2D eigenvalue weighted by Crippen LogP contribution is -2.22. The second-order valence-corrected chi connectivity index (χ2v) is 8.73. The van der Waals surface area contributed by atoms with Crippen LogP contribution in [0.2, 0.25) is 0 Å². The highest BCUT2D eigenvalue weighted by Gasteiger charge is 2.15. The Morgan fingerprint density at radius 2 is 1.79 bits per heavy atom. The molecule has 0 unspecified atom stereocenters. The van der Waals surface area contributed by atoms with E-state index in [1.165, 1.54) is 12.1 Å². The zero-order valence-corrected chi connectivity index (χ0v) is 21.1. The molecule has 2 aromatic heterocycles. The standard InChI is InChI=1S/C28H28FN5O4/c1-3-4-5-20-16-26(34(33-20)21-8-6-19(7-9-21)15-27(35)36)32-28(37)31-25-11-10-22(17-24(25)29)38-23-12-13-30-18(2)14-23/h6-14,16-17H,3-5,15H2,1-2H3,(H,35,36)(H2,31,32,37). The number of aromatic nitrogens is 3. The zero-order chi connectivity index (χ0) is 27.1. The Morgan fingerprint density at radius 3 is 2.47 bits per heavy atom. The molecule has 38 heavy (non-hydrogen) atoms. The zero-order valence-electron chi connectivity index (χ0n) is 21.1. The maximum atomic E-state index is 14.8. The molecule has 0 aliphatic heterocycles. The number of aliphatic carboxylic acids is 1. The van der Waals surface area contributed by atoms with E-state index in [-0.39, 0.29) is 17.9 Å². The van der Waals surface area contributed by atoms with Crippen molar-refractivity contribution >= 4 is 23.5 Å². The van der Waals surface area contributed by atoms with E-state index < -0.39 is 17.8 Å². The molecule has 0 spiro atoms. The number of hydrogen-bond acceptors (Lipinski definition) is 5. The van der Waals surface area contributed by atoms with E-state index in [1.54, 1.807) is 59.4 Å². The number of nitrogens with one attached hydrogen (secondary N) is 2. The average molecular weight is 518 g/mol. The van der Waals surface area contributed by atoms with Crippen molar-refractivity contribution < 1.29 is 23.8 Å². The Kier molecular flexibility index (Phi) is 8.32. The number of ether oxygens (including phenoxy) is 1. The van der Waals surface area contributed by atoms with Gasteiger partial charge >= 0.3 is 12.0 Å². The minimum absolute atomic E-state index is 0.0175. The summed E-state index contributed by atoms with van der Waals surface area (Å²) >= 11 is 0. The number of benzene rings is 2. The summed E-state index contributed by atoms with van der Waals surface area (Å²) < 4.78 is 22.0. The first-order chi connectivity index (χ1) is 18.3. The van der Waals surface area contributed by atoms with Crippen molar-refractivity contribution in [3.63, 3.8) is 0 Å². The molecule has 0 radical (unpaired) electrons. The number of carboxylic acid groups (broad SMARTS) is 1. The fraction of sp³-hybridized carbons (Fsp3) is 0.214. The van der Waals surface area contributed by atoms with E-state index in [1.807, 2.05) is 6.92 Å². The minimum atomic E-state index is -0.919. The van der Waals surface area contributed by atoms with Gasteiger partial charge in [-0.2, -0.15) is 5.10 Å². The van der Waals surface area contributed by atoms with Crippen molar-refractivity contribution in [3.05, 3.63) is 89.6 Å². The van der Waals surface area contributed by atoms with Gasteiger partial charge in [0, 0.05) is 30.1 Å². The van der Waals surface area contributed by atoms with Crippen LogP contribution >= 0.6 is 0 Å². The molecule has 0 saturated carbocycles. The first-order valence-electron chi connectivity index (χ1n) is 12.2. The van der Waals surface area contributed by atoms with Gasteiger partial charge in [0.15, 0.2) is 0 Å². The van der Waals surface area contributed by atoms with Crippen molar-refractivity contribution in [1.29, 1.82) is 0 Å². The lowest BCUT2D eigenvalue weighted by molar-refractivity contribution is -0.136. The first kappa shape index (κ1) is 26.3. The lowest BCUT2D eigenvalue weighted by atomic mass is 10.1. The molecule has 2 amide bonds. The van der Waals surface area contributed by atoms with Gasteiger partial charge in [0.05, 0.1) is 23.5 Å². The summed E-state index contributed by atoms with van der Waals surface area (Å²) in [5.74, 6) is -0.373. The van der Waals surface area contributed by atoms with Gasteiger partial charge in [-0.3, -0.25) is 15.1 Å². The molecule has 0 aliphatic rings. The molecule has 0 saturated heterocycles. The normalized spacial score (nSPS) is 10.7. The van der Waals surface area contributed by atoms with E-state index in [2.05, 4.69) is 27.6 Å². The number of hydrogen-bond donors (Lipinski definition) is 3. The summed E-state index contributed by atoms with van der Waals surface area (Å²) in [5.41, 5.74) is 2.84. The van der Waals surface area contributed by atoms with Crippen molar-refractivity contribution in [2.45, 2.75) is 39.5 Å². The molecule has 2 aromatic carbocycles. The second kappa shape index (κ2) is 12.0. The van der Waals surface area contributed by atoms with Gasteiger partial charge in [-0.25, -0.2) is 13.9 Å². The van der Waals surface area contributed by atoms with Crippen LogP contribution in [0.1, 0.15) is 36.7 Å². The number of unbranched alkanes of at least 4 members (excludes halogenated alkanes) is 1. The molecule has 4 rings (SSSR count). The summed E-state index contributed by atoms with van der Waals surface area (Å²) in [7, 11) is 0.